The van der Waals surface area contributed by atoms with Crippen LogP contribution in [-0.4, -0.2) is 32.9 Å². The van der Waals surface area contributed by atoms with Crippen LogP contribution in [0.3, 0.4) is 0 Å². The smallest absolute Gasteiger partial charge is 0.252 e. The maximum absolute atomic E-state index is 12.2. The molecule has 0 spiro atoms. The van der Waals surface area contributed by atoms with Crippen LogP contribution < -0.4 is 10.0 Å². The van der Waals surface area contributed by atoms with Gasteiger partial charge in [-0.25, -0.2) is 8.42 Å². The zero-order valence-electron chi connectivity index (χ0n) is 14.3. The Labute approximate surface area is 177 Å². The summed E-state index contributed by atoms with van der Waals surface area (Å²) in [7, 11) is -3.40. The molecular formula is C17H17Cl3N2O3S2. The average molecular weight is 468 g/mol. The number of benzene rings is 2. The third-order valence-electron chi connectivity index (χ3n) is 3.32. The second kappa shape index (κ2) is 9.89. The van der Waals surface area contributed by atoms with E-state index in [2.05, 4.69) is 10.0 Å². The van der Waals surface area contributed by atoms with Gasteiger partial charge in [0.15, 0.2) is 0 Å². The lowest BCUT2D eigenvalue weighted by molar-refractivity contribution is 0.0956. The van der Waals surface area contributed by atoms with Gasteiger partial charge in [0.05, 0.1) is 16.8 Å². The molecule has 10 heteroatoms. The summed E-state index contributed by atoms with van der Waals surface area (Å²) in [6.45, 7) is 0.453. The molecule has 0 saturated carbocycles. The second-order valence-electron chi connectivity index (χ2n) is 5.61. The van der Waals surface area contributed by atoms with Gasteiger partial charge >= 0.3 is 0 Å². The van der Waals surface area contributed by atoms with Gasteiger partial charge in [-0.3, -0.25) is 9.52 Å². The van der Waals surface area contributed by atoms with Crippen LogP contribution in [-0.2, 0) is 15.8 Å². The number of carbonyl (C=O) groups excluding carboxylic acids is 1. The normalized spacial score (nSPS) is 11.3. The molecule has 2 rings (SSSR count). The van der Waals surface area contributed by atoms with Gasteiger partial charge in [-0.15, -0.1) is 0 Å². The highest BCUT2D eigenvalue weighted by atomic mass is 35.5. The van der Waals surface area contributed by atoms with E-state index in [9.17, 15) is 13.2 Å². The molecule has 1 amide bonds. The first-order valence-electron chi connectivity index (χ1n) is 7.73. The Morgan fingerprint density at radius 1 is 1.07 bits per heavy atom. The quantitative estimate of drug-likeness (QED) is 0.553. The van der Waals surface area contributed by atoms with Crippen molar-refractivity contribution in [3.05, 3.63) is 62.6 Å². The number of nitrogens with one attached hydrogen (secondary N) is 2. The molecule has 0 aliphatic heterocycles. The molecular weight excluding hydrogens is 451 g/mol. The number of halogens is 3. The van der Waals surface area contributed by atoms with E-state index < -0.39 is 10.0 Å². The molecule has 146 valence electrons. The Morgan fingerprint density at radius 2 is 1.81 bits per heavy atom. The van der Waals surface area contributed by atoms with Crippen molar-refractivity contribution in [3.63, 3.8) is 0 Å². The topological polar surface area (TPSA) is 75.3 Å². The number of thioether (sulfide) groups is 1. The lowest BCUT2D eigenvalue weighted by atomic mass is 10.2. The Hall–Kier alpha value is -1.12. The van der Waals surface area contributed by atoms with Crippen molar-refractivity contribution >= 4 is 68.2 Å². The Kier molecular flexibility index (Phi) is 8.12. The van der Waals surface area contributed by atoms with Gasteiger partial charge < -0.3 is 5.32 Å². The fourth-order valence-corrected chi connectivity index (χ4v) is 4.37. The van der Waals surface area contributed by atoms with Crippen molar-refractivity contribution in [3.8, 4) is 0 Å². The molecule has 0 radical (unpaired) electrons. The summed E-state index contributed by atoms with van der Waals surface area (Å²) in [5.41, 5.74) is 1.56. The number of sulfonamides is 1. The monoisotopic (exact) mass is 466 g/mol. The van der Waals surface area contributed by atoms with Gasteiger partial charge in [0.2, 0.25) is 10.0 Å². The molecule has 0 saturated heterocycles. The second-order valence-corrected chi connectivity index (χ2v) is 9.72. The number of carbonyl (C=O) groups is 1. The summed E-state index contributed by atoms with van der Waals surface area (Å²) in [5.74, 6) is 1.07. The molecule has 0 fully saturated rings. The minimum atomic E-state index is -3.40. The van der Waals surface area contributed by atoms with Crippen molar-refractivity contribution in [1.82, 2.24) is 5.32 Å². The van der Waals surface area contributed by atoms with Crippen molar-refractivity contribution in [2.45, 2.75) is 5.75 Å². The van der Waals surface area contributed by atoms with E-state index in [1.807, 2.05) is 6.07 Å². The highest BCUT2D eigenvalue weighted by Gasteiger charge is 2.12. The SMILES string of the molecule is CS(=O)(=O)Nc1ccc(C(=O)NCCSCc2ccc(Cl)cc2Cl)c(Cl)c1. The molecule has 0 unspecified atom stereocenters. The molecule has 5 nitrogen and oxygen atoms in total. The van der Waals surface area contributed by atoms with E-state index in [0.29, 0.717) is 33.8 Å². The van der Waals surface area contributed by atoms with E-state index in [-0.39, 0.29) is 16.5 Å². The average Bonchev–Trinajstić information content (AvgIpc) is 2.54. The minimum absolute atomic E-state index is 0.168. The molecule has 2 N–H and O–H groups in total. The van der Waals surface area contributed by atoms with Crippen LogP contribution in [0.2, 0.25) is 15.1 Å². The molecule has 27 heavy (non-hydrogen) atoms. The maximum atomic E-state index is 12.2. The lowest BCUT2D eigenvalue weighted by Gasteiger charge is -2.09. The first-order chi connectivity index (χ1) is 12.7. The largest absolute Gasteiger partial charge is 0.351 e. The molecule has 0 aromatic heterocycles. The van der Waals surface area contributed by atoms with Gasteiger partial charge in [-0.05, 0) is 35.9 Å². The molecule has 0 bridgehead atoms. The predicted octanol–water partition coefficient (Wildman–Crippen LogP) is 4.68. The van der Waals surface area contributed by atoms with Gasteiger partial charge in [0.25, 0.3) is 5.91 Å². The number of rotatable bonds is 8. The predicted molar refractivity (Wildman–Crippen MR) is 115 cm³/mol. The van der Waals surface area contributed by atoms with Gasteiger partial charge in [-0.1, -0.05) is 40.9 Å². The molecule has 2 aromatic carbocycles. The van der Waals surface area contributed by atoms with Crippen molar-refractivity contribution < 1.29 is 13.2 Å². The van der Waals surface area contributed by atoms with Gasteiger partial charge in [-0.2, -0.15) is 11.8 Å². The zero-order chi connectivity index (χ0) is 20.0. The number of hydrogen-bond donors (Lipinski definition) is 2. The molecule has 0 atom stereocenters. The first-order valence-corrected chi connectivity index (χ1v) is 11.9. The van der Waals surface area contributed by atoms with Gasteiger partial charge in [0, 0.05) is 33.8 Å². The summed E-state index contributed by atoms with van der Waals surface area (Å²) >= 11 is 19.7. The first kappa shape index (κ1) is 22.2. The number of hydrogen-bond acceptors (Lipinski definition) is 4. The third-order valence-corrected chi connectivity index (χ3v) is 5.84. The number of anilines is 1. The summed E-state index contributed by atoms with van der Waals surface area (Å²) in [6, 6.07) is 9.72. The van der Waals surface area contributed by atoms with Crippen molar-refractivity contribution in [2.75, 3.05) is 23.3 Å². The summed E-state index contributed by atoms with van der Waals surface area (Å²) in [6.07, 6.45) is 1.04. The highest BCUT2D eigenvalue weighted by molar-refractivity contribution is 7.98. The molecule has 0 aliphatic carbocycles. The standard InChI is InChI=1S/C17H17Cl3N2O3S2/c1-27(24,25)22-13-4-5-14(16(20)9-13)17(23)21-6-7-26-10-11-2-3-12(18)8-15(11)19/h2-5,8-9,22H,6-7,10H2,1H3,(H,21,23). The minimum Gasteiger partial charge on any atom is -0.351 e. The highest BCUT2D eigenvalue weighted by Crippen LogP contribution is 2.25. The van der Waals surface area contributed by atoms with Crippen LogP contribution in [0.15, 0.2) is 36.4 Å². The number of amides is 1. The summed E-state index contributed by atoms with van der Waals surface area (Å²) in [4.78, 5) is 12.2. The van der Waals surface area contributed by atoms with Crippen LogP contribution in [0.1, 0.15) is 15.9 Å². The molecule has 2 aromatic rings. The van der Waals surface area contributed by atoms with E-state index in [1.165, 1.54) is 18.2 Å². The summed E-state index contributed by atoms with van der Waals surface area (Å²) in [5, 5.41) is 4.16. The third kappa shape index (κ3) is 7.43. The van der Waals surface area contributed by atoms with Gasteiger partial charge in [0.1, 0.15) is 0 Å². The zero-order valence-corrected chi connectivity index (χ0v) is 18.2. The fraction of sp³-hybridized carbons (Fsp3) is 0.235. The van der Waals surface area contributed by atoms with E-state index in [1.54, 1.807) is 23.9 Å². The molecule has 0 aliphatic rings. The van der Waals surface area contributed by atoms with Crippen LogP contribution >= 0.6 is 46.6 Å². The lowest BCUT2D eigenvalue weighted by Crippen LogP contribution is -2.26. The van der Waals surface area contributed by atoms with Crippen LogP contribution in [0.25, 0.3) is 0 Å². The fourth-order valence-electron chi connectivity index (χ4n) is 2.13. The Morgan fingerprint density at radius 3 is 2.44 bits per heavy atom. The van der Waals surface area contributed by atoms with Crippen LogP contribution in [0.5, 0.6) is 0 Å². The maximum Gasteiger partial charge on any atom is 0.252 e. The van der Waals surface area contributed by atoms with Crippen LogP contribution in [0, 0.1) is 0 Å². The van der Waals surface area contributed by atoms with E-state index >= 15 is 0 Å². The van der Waals surface area contributed by atoms with Crippen molar-refractivity contribution in [2.24, 2.45) is 0 Å². The van der Waals surface area contributed by atoms with Crippen LogP contribution in [0.4, 0.5) is 5.69 Å². The van der Waals surface area contributed by atoms with E-state index in [0.717, 1.165) is 11.8 Å². The van der Waals surface area contributed by atoms with Crippen molar-refractivity contribution in [1.29, 1.82) is 0 Å². The Balaban J connectivity index is 1.81. The Bertz CT molecular complexity index is 937. The van der Waals surface area contributed by atoms with E-state index in [4.69, 9.17) is 34.8 Å². The summed E-state index contributed by atoms with van der Waals surface area (Å²) < 4.78 is 24.8. The molecule has 0 heterocycles.